The summed E-state index contributed by atoms with van der Waals surface area (Å²) in [5.41, 5.74) is 2.54. The van der Waals surface area contributed by atoms with Gasteiger partial charge in [-0.05, 0) is 36.1 Å². The molecule has 1 aliphatic heterocycles. The Morgan fingerprint density at radius 2 is 1.78 bits per heavy atom. The number of methoxy groups -OCH3 is 1. The Morgan fingerprint density at radius 3 is 2.43 bits per heavy atom. The molecule has 0 bridgehead atoms. The van der Waals surface area contributed by atoms with Gasteiger partial charge in [-0.1, -0.05) is 42.5 Å². The minimum absolute atomic E-state index is 0.241. The summed E-state index contributed by atoms with van der Waals surface area (Å²) in [5.74, 6) is 0.876. The first-order valence-corrected chi connectivity index (χ1v) is 8.23. The fraction of sp³-hybridized carbons (Fsp3) is 0.400. The highest BCUT2D eigenvalue weighted by atomic mass is 16.6. The second-order valence-corrected chi connectivity index (χ2v) is 6.00. The van der Waals surface area contributed by atoms with E-state index in [4.69, 9.17) is 14.2 Å². The van der Waals surface area contributed by atoms with E-state index in [0.29, 0.717) is 12.7 Å². The summed E-state index contributed by atoms with van der Waals surface area (Å²) in [4.78, 5) is 0. The molecular formula is C20H24O3. The summed E-state index contributed by atoms with van der Waals surface area (Å²) in [6.45, 7) is 1.52. The zero-order valence-corrected chi connectivity index (χ0v) is 13.6. The lowest BCUT2D eigenvalue weighted by Crippen LogP contribution is -2.16. The summed E-state index contributed by atoms with van der Waals surface area (Å²) in [5, 5.41) is 0. The standard InChI is InChI=1S/C20H24O3/c1-21-18-10-8-17(9-11-18)14-22-19(13-20-15-23-20)12-7-16-5-3-2-4-6-16/h2-6,8-11,19-20H,7,12-15H2,1H3/t19-,20+/m0/s1. The Labute approximate surface area is 138 Å². The van der Waals surface area contributed by atoms with Gasteiger partial charge >= 0.3 is 0 Å². The maximum atomic E-state index is 6.15. The molecule has 1 aliphatic rings. The van der Waals surface area contributed by atoms with E-state index in [2.05, 4.69) is 42.5 Å². The molecular weight excluding hydrogens is 288 g/mol. The van der Waals surface area contributed by atoms with Crippen molar-refractivity contribution in [2.24, 2.45) is 0 Å². The van der Waals surface area contributed by atoms with Crippen LogP contribution in [-0.2, 0) is 22.5 Å². The van der Waals surface area contributed by atoms with Gasteiger partial charge in [0, 0.05) is 6.42 Å². The van der Waals surface area contributed by atoms with Crippen molar-refractivity contribution in [3.8, 4) is 5.75 Å². The van der Waals surface area contributed by atoms with Crippen LogP contribution >= 0.6 is 0 Å². The highest BCUT2D eigenvalue weighted by Gasteiger charge is 2.27. The predicted octanol–water partition coefficient (Wildman–Crippen LogP) is 4.00. The first-order valence-electron chi connectivity index (χ1n) is 8.23. The Kier molecular flexibility index (Phi) is 5.67. The Balaban J connectivity index is 1.51. The molecule has 0 radical (unpaired) electrons. The van der Waals surface area contributed by atoms with E-state index >= 15 is 0 Å². The minimum atomic E-state index is 0.241. The third-order valence-corrected chi connectivity index (χ3v) is 4.17. The fourth-order valence-electron chi connectivity index (χ4n) is 2.67. The van der Waals surface area contributed by atoms with Gasteiger partial charge < -0.3 is 14.2 Å². The topological polar surface area (TPSA) is 31.0 Å². The van der Waals surface area contributed by atoms with Crippen molar-refractivity contribution in [2.75, 3.05) is 13.7 Å². The molecule has 1 heterocycles. The molecule has 3 nitrogen and oxygen atoms in total. The first kappa shape index (κ1) is 16.0. The Hall–Kier alpha value is -1.84. The summed E-state index contributed by atoms with van der Waals surface area (Å²) in [6.07, 6.45) is 3.69. The molecule has 3 heteroatoms. The quantitative estimate of drug-likeness (QED) is 0.656. The van der Waals surface area contributed by atoms with Gasteiger partial charge in [0.25, 0.3) is 0 Å². The third kappa shape index (κ3) is 5.38. The average molecular weight is 312 g/mol. The molecule has 0 aromatic heterocycles. The molecule has 0 saturated carbocycles. The molecule has 0 aliphatic carbocycles. The van der Waals surface area contributed by atoms with E-state index in [9.17, 15) is 0 Å². The van der Waals surface area contributed by atoms with Gasteiger partial charge in [0.2, 0.25) is 0 Å². The molecule has 0 amide bonds. The number of benzene rings is 2. The van der Waals surface area contributed by atoms with Crippen LogP contribution in [0.5, 0.6) is 5.75 Å². The first-order chi connectivity index (χ1) is 11.3. The van der Waals surface area contributed by atoms with E-state index in [-0.39, 0.29) is 6.10 Å². The Bertz CT molecular complexity index is 576. The van der Waals surface area contributed by atoms with Crippen LogP contribution in [-0.4, -0.2) is 25.9 Å². The lowest BCUT2D eigenvalue weighted by Gasteiger charge is -2.17. The number of aryl methyl sites for hydroxylation is 1. The van der Waals surface area contributed by atoms with Crippen LogP contribution < -0.4 is 4.74 Å². The van der Waals surface area contributed by atoms with Crippen molar-refractivity contribution in [1.29, 1.82) is 0 Å². The summed E-state index contributed by atoms with van der Waals surface area (Å²) >= 11 is 0. The van der Waals surface area contributed by atoms with Crippen molar-refractivity contribution < 1.29 is 14.2 Å². The number of hydrogen-bond acceptors (Lipinski definition) is 3. The summed E-state index contributed by atoms with van der Waals surface area (Å²) < 4.78 is 16.7. The number of rotatable bonds is 9. The van der Waals surface area contributed by atoms with Crippen LogP contribution in [0, 0.1) is 0 Å². The molecule has 2 atom stereocenters. The second-order valence-electron chi connectivity index (χ2n) is 6.00. The lowest BCUT2D eigenvalue weighted by atomic mass is 10.0. The highest BCUT2D eigenvalue weighted by molar-refractivity contribution is 5.26. The fourth-order valence-corrected chi connectivity index (χ4v) is 2.67. The maximum absolute atomic E-state index is 6.15. The van der Waals surface area contributed by atoms with Crippen LogP contribution in [0.15, 0.2) is 54.6 Å². The molecule has 0 N–H and O–H groups in total. The van der Waals surface area contributed by atoms with Gasteiger partial charge in [-0.2, -0.15) is 0 Å². The molecule has 0 spiro atoms. The van der Waals surface area contributed by atoms with Crippen molar-refractivity contribution >= 4 is 0 Å². The predicted molar refractivity (Wildman–Crippen MR) is 90.7 cm³/mol. The zero-order chi connectivity index (χ0) is 15.9. The minimum Gasteiger partial charge on any atom is -0.497 e. The van der Waals surface area contributed by atoms with Crippen molar-refractivity contribution in [1.82, 2.24) is 0 Å². The smallest absolute Gasteiger partial charge is 0.118 e. The van der Waals surface area contributed by atoms with Gasteiger partial charge in [-0.15, -0.1) is 0 Å². The van der Waals surface area contributed by atoms with Crippen LogP contribution in [0.2, 0.25) is 0 Å². The molecule has 3 rings (SSSR count). The summed E-state index contributed by atoms with van der Waals surface area (Å²) in [7, 11) is 1.68. The van der Waals surface area contributed by atoms with Crippen LogP contribution in [0.1, 0.15) is 24.0 Å². The highest BCUT2D eigenvalue weighted by Crippen LogP contribution is 2.22. The van der Waals surface area contributed by atoms with Crippen molar-refractivity contribution in [3.63, 3.8) is 0 Å². The van der Waals surface area contributed by atoms with Gasteiger partial charge in [0.15, 0.2) is 0 Å². The average Bonchev–Trinajstić information content (AvgIpc) is 3.43. The number of ether oxygens (including phenoxy) is 3. The van der Waals surface area contributed by atoms with Gasteiger partial charge in [0.1, 0.15) is 5.75 Å². The van der Waals surface area contributed by atoms with E-state index in [0.717, 1.165) is 31.6 Å². The molecule has 1 fully saturated rings. The van der Waals surface area contributed by atoms with E-state index in [1.165, 1.54) is 11.1 Å². The SMILES string of the molecule is COc1ccc(CO[C@@H](CCc2ccccc2)C[C@@H]2CO2)cc1. The van der Waals surface area contributed by atoms with Crippen molar-refractivity contribution in [2.45, 2.75) is 38.1 Å². The number of hydrogen-bond donors (Lipinski definition) is 0. The van der Waals surface area contributed by atoms with Gasteiger partial charge in [-0.3, -0.25) is 0 Å². The second kappa shape index (κ2) is 8.14. The number of epoxide rings is 1. The van der Waals surface area contributed by atoms with Crippen LogP contribution in [0.25, 0.3) is 0 Å². The normalized spacial score (nSPS) is 17.7. The largest absolute Gasteiger partial charge is 0.497 e. The van der Waals surface area contributed by atoms with Crippen LogP contribution in [0.4, 0.5) is 0 Å². The maximum Gasteiger partial charge on any atom is 0.118 e. The molecule has 2 aromatic rings. The monoisotopic (exact) mass is 312 g/mol. The van der Waals surface area contributed by atoms with E-state index < -0.39 is 0 Å². The third-order valence-electron chi connectivity index (χ3n) is 4.17. The Morgan fingerprint density at radius 1 is 1.04 bits per heavy atom. The van der Waals surface area contributed by atoms with Gasteiger partial charge in [-0.25, -0.2) is 0 Å². The molecule has 23 heavy (non-hydrogen) atoms. The molecule has 1 saturated heterocycles. The van der Waals surface area contributed by atoms with Crippen LogP contribution in [0.3, 0.4) is 0 Å². The molecule has 2 aromatic carbocycles. The van der Waals surface area contributed by atoms with E-state index in [1.807, 2.05) is 12.1 Å². The zero-order valence-electron chi connectivity index (χ0n) is 13.6. The van der Waals surface area contributed by atoms with E-state index in [1.54, 1.807) is 7.11 Å². The molecule has 0 unspecified atom stereocenters. The van der Waals surface area contributed by atoms with Gasteiger partial charge in [0.05, 0.1) is 32.5 Å². The summed E-state index contributed by atoms with van der Waals surface area (Å²) in [6, 6.07) is 18.6. The van der Waals surface area contributed by atoms with Crippen molar-refractivity contribution in [3.05, 3.63) is 65.7 Å². The molecule has 122 valence electrons. The lowest BCUT2D eigenvalue weighted by molar-refractivity contribution is 0.0249.